The molecule has 21 heavy (non-hydrogen) atoms. The SMILES string of the molecule is CC(C)OC(=O)N1C[C@H](CN2CCOC[C@H]2C)NC[C@H]1C. The lowest BCUT2D eigenvalue weighted by Crippen LogP contribution is -2.61. The van der Waals surface area contributed by atoms with Crippen LogP contribution in [0.15, 0.2) is 0 Å². The van der Waals surface area contributed by atoms with E-state index < -0.39 is 0 Å². The lowest BCUT2D eigenvalue weighted by molar-refractivity contribution is -0.0108. The number of piperazine rings is 1. The summed E-state index contributed by atoms with van der Waals surface area (Å²) in [5.41, 5.74) is 0. The molecule has 2 rings (SSSR count). The summed E-state index contributed by atoms with van der Waals surface area (Å²) >= 11 is 0. The molecule has 1 amide bonds. The molecule has 2 aliphatic heterocycles. The lowest BCUT2D eigenvalue weighted by Gasteiger charge is -2.42. The molecule has 0 spiro atoms. The molecule has 0 aromatic heterocycles. The number of ether oxygens (including phenoxy) is 2. The molecule has 0 radical (unpaired) electrons. The highest BCUT2D eigenvalue weighted by molar-refractivity contribution is 5.68. The minimum Gasteiger partial charge on any atom is -0.447 e. The summed E-state index contributed by atoms with van der Waals surface area (Å²) in [4.78, 5) is 16.5. The van der Waals surface area contributed by atoms with E-state index in [0.29, 0.717) is 18.6 Å². The monoisotopic (exact) mass is 299 g/mol. The smallest absolute Gasteiger partial charge is 0.410 e. The van der Waals surface area contributed by atoms with Crippen molar-refractivity contribution in [2.45, 2.75) is 51.9 Å². The van der Waals surface area contributed by atoms with Crippen molar-refractivity contribution in [2.24, 2.45) is 0 Å². The van der Waals surface area contributed by atoms with E-state index in [4.69, 9.17) is 9.47 Å². The molecule has 0 aromatic rings. The normalized spacial score (nSPS) is 31.5. The standard InChI is InChI=1S/C15H29N3O3/c1-11(2)21-15(19)18-9-14(16-7-12(18)3)8-17-5-6-20-10-13(17)4/h11-14,16H,5-10H2,1-4H3/t12-,13-,14+/m1/s1. The summed E-state index contributed by atoms with van der Waals surface area (Å²) in [6, 6.07) is 0.909. The van der Waals surface area contributed by atoms with Crippen LogP contribution in [-0.2, 0) is 9.47 Å². The number of carbonyl (C=O) groups is 1. The van der Waals surface area contributed by atoms with E-state index in [1.165, 1.54) is 0 Å². The quantitative estimate of drug-likeness (QED) is 0.840. The predicted molar refractivity (Wildman–Crippen MR) is 81.4 cm³/mol. The van der Waals surface area contributed by atoms with Gasteiger partial charge in [-0.3, -0.25) is 4.90 Å². The van der Waals surface area contributed by atoms with E-state index in [1.54, 1.807) is 0 Å². The Morgan fingerprint density at radius 3 is 2.81 bits per heavy atom. The van der Waals surface area contributed by atoms with Gasteiger partial charge in [-0.2, -0.15) is 0 Å². The number of hydrogen-bond donors (Lipinski definition) is 1. The van der Waals surface area contributed by atoms with Crippen LogP contribution in [0.3, 0.4) is 0 Å². The molecular formula is C15H29N3O3. The van der Waals surface area contributed by atoms with Gasteiger partial charge < -0.3 is 19.7 Å². The molecule has 2 heterocycles. The van der Waals surface area contributed by atoms with E-state index in [9.17, 15) is 4.79 Å². The third-order valence-electron chi connectivity index (χ3n) is 4.18. The van der Waals surface area contributed by atoms with Crippen molar-refractivity contribution in [3.8, 4) is 0 Å². The van der Waals surface area contributed by atoms with Crippen molar-refractivity contribution >= 4 is 6.09 Å². The van der Waals surface area contributed by atoms with Gasteiger partial charge in [-0.1, -0.05) is 0 Å². The van der Waals surface area contributed by atoms with Crippen molar-refractivity contribution in [3.05, 3.63) is 0 Å². The zero-order chi connectivity index (χ0) is 15.4. The molecule has 1 N–H and O–H groups in total. The van der Waals surface area contributed by atoms with Crippen LogP contribution in [-0.4, -0.2) is 79.5 Å². The number of rotatable bonds is 3. The fraction of sp³-hybridized carbons (Fsp3) is 0.933. The van der Waals surface area contributed by atoms with Crippen molar-refractivity contribution in [3.63, 3.8) is 0 Å². The fourth-order valence-corrected chi connectivity index (χ4v) is 2.89. The van der Waals surface area contributed by atoms with Gasteiger partial charge in [-0.05, 0) is 27.7 Å². The van der Waals surface area contributed by atoms with E-state index in [1.807, 2.05) is 18.7 Å². The average Bonchev–Trinajstić information content (AvgIpc) is 2.42. The Kier molecular flexibility index (Phi) is 5.84. The van der Waals surface area contributed by atoms with Crippen LogP contribution >= 0.6 is 0 Å². The first-order valence-electron chi connectivity index (χ1n) is 7.99. The summed E-state index contributed by atoms with van der Waals surface area (Å²) in [7, 11) is 0. The summed E-state index contributed by atoms with van der Waals surface area (Å²) in [5, 5.41) is 3.54. The number of carbonyl (C=O) groups excluding carboxylic acids is 1. The molecule has 0 bridgehead atoms. The fourth-order valence-electron chi connectivity index (χ4n) is 2.89. The predicted octanol–water partition coefficient (Wildman–Crippen LogP) is 0.914. The van der Waals surface area contributed by atoms with Crippen LogP contribution in [0.2, 0.25) is 0 Å². The number of hydrogen-bond acceptors (Lipinski definition) is 5. The van der Waals surface area contributed by atoms with Crippen LogP contribution in [0.5, 0.6) is 0 Å². The highest BCUT2D eigenvalue weighted by Crippen LogP contribution is 2.13. The Morgan fingerprint density at radius 2 is 2.14 bits per heavy atom. The number of amides is 1. The molecule has 6 nitrogen and oxygen atoms in total. The van der Waals surface area contributed by atoms with E-state index in [0.717, 1.165) is 32.8 Å². The van der Waals surface area contributed by atoms with Crippen molar-refractivity contribution in [2.75, 3.05) is 39.4 Å². The molecular weight excluding hydrogens is 270 g/mol. The van der Waals surface area contributed by atoms with Gasteiger partial charge >= 0.3 is 6.09 Å². The van der Waals surface area contributed by atoms with Crippen molar-refractivity contribution < 1.29 is 14.3 Å². The summed E-state index contributed by atoms with van der Waals surface area (Å²) in [6.45, 7) is 13.0. The Morgan fingerprint density at radius 1 is 1.38 bits per heavy atom. The van der Waals surface area contributed by atoms with E-state index >= 15 is 0 Å². The first kappa shape index (κ1) is 16.5. The maximum atomic E-state index is 12.2. The molecule has 122 valence electrons. The van der Waals surface area contributed by atoms with Gasteiger partial charge in [-0.15, -0.1) is 0 Å². The Labute approximate surface area is 127 Å². The Balaban J connectivity index is 1.88. The molecule has 0 aliphatic carbocycles. The third-order valence-corrected chi connectivity index (χ3v) is 4.18. The topological polar surface area (TPSA) is 54.0 Å². The summed E-state index contributed by atoms with van der Waals surface area (Å²) < 4.78 is 10.8. The Hall–Kier alpha value is -0.850. The second-order valence-corrected chi connectivity index (χ2v) is 6.46. The second kappa shape index (κ2) is 7.42. The van der Waals surface area contributed by atoms with Gasteiger partial charge in [0, 0.05) is 44.3 Å². The molecule has 0 saturated carbocycles. The van der Waals surface area contributed by atoms with Gasteiger partial charge in [0.15, 0.2) is 0 Å². The molecule has 2 aliphatic rings. The first-order valence-corrected chi connectivity index (χ1v) is 7.99. The van der Waals surface area contributed by atoms with Crippen LogP contribution in [0.4, 0.5) is 4.79 Å². The zero-order valence-electron chi connectivity index (χ0n) is 13.7. The molecule has 2 saturated heterocycles. The van der Waals surface area contributed by atoms with Gasteiger partial charge in [-0.25, -0.2) is 4.79 Å². The van der Waals surface area contributed by atoms with Crippen LogP contribution in [0.1, 0.15) is 27.7 Å². The van der Waals surface area contributed by atoms with Gasteiger partial charge in [0.2, 0.25) is 0 Å². The highest BCUT2D eigenvalue weighted by Gasteiger charge is 2.32. The number of nitrogens with zero attached hydrogens (tertiary/aromatic N) is 2. The average molecular weight is 299 g/mol. The number of nitrogens with one attached hydrogen (secondary N) is 1. The van der Waals surface area contributed by atoms with E-state index in [-0.39, 0.29) is 18.2 Å². The maximum absolute atomic E-state index is 12.2. The molecule has 0 unspecified atom stereocenters. The highest BCUT2D eigenvalue weighted by atomic mass is 16.6. The van der Waals surface area contributed by atoms with Gasteiger partial charge in [0.05, 0.1) is 19.3 Å². The summed E-state index contributed by atoms with van der Waals surface area (Å²) in [6.07, 6.45) is -0.267. The minimum atomic E-state index is -0.195. The van der Waals surface area contributed by atoms with Crippen molar-refractivity contribution in [1.29, 1.82) is 0 Å². The molecule has 6 heteroatoms. The lowest BCUT2D eigenvalue weighted by atomic mass is 10.1. The summed E-state index contributed by atoms with van der Waals surface area (Å²) in [5.74, 6) is 0. The van der Waals surface area contributed by atoms with Gasteiger partial charge in [0.25, 0.3) is 0 Å². The second-order valence-electron chi connectivity index (χ2n) is 6.46. The molecule has 2 fully saturated rings. The Bertz CT molecular complexity index is 351. The largest absolute Gasteiger partial charge is 0.447 e. The first-order chi connectivity index (χ1) is 9.97. The van der Waals surface area contributed by atoms with Crippen LogP contribution < -0.4 is 5.32 Å². The van der Waals surface area contributed by atoms with E-state index in [2.05, 4.69) is 24.1 Å². The minimum absolute atomic E-state index is 0.0719. The van der Waals surface area contributed by atoms with Crippen LogP contribution in [0, 0.1) is 0 Å². The molecule has 0 aromatic carbocycles. The zero-order valence-corrected chi connectivity index (χ0v) is 13.7. The third kappa shape index (κ3) is 4.56. The van der Waals surface area contributed by atoms with Crippen molar-refractivity contribution in [1.82, 2.24) is 15.1 Å². The van der Waals surface area contributed by atoms with Gasteiger partial charge in [0.1, 0.15) is 0 Å². The number of morpholine rings is 1. The maximum Gasteiger partial charge on any atom is 0.410 e. The van der Waals surface area contributed by atoms with Crippen LogP contribution in [0.25, 0.3) is 0 Å². The molecule has 3 atom stereocenters.